The largest absolute Gasteiger partial charge is 0.487 e. The van der Waals surface area contributed by atoms with Crippen molar-refractivity contribution < 1.29 is 23.1 Å². The van der Waals surface area contributed by atoms with Crippen LogP contribution in [-0.4, -0.2) is 52.8 Å². The van der Waals surface area contributed by atoms with E-state index >= 15 is 0 Å². The van der Waals surface area contributed by atoms with Crippen molar-refractivity contribution in [3.63, 3.8) is 0 Å². The maximum atomic E-state index is 11.5. The first-order valence-corrected chi connectivity index (χ1v) is 11.5. The van der Waals surface area contributed by atoms with E-state index in [1.165, 1.54) is 12.1 Å². The van der Waals surface area contributed by atoms with Crippen LogP contribution in [0.4, 0.5) is 4.79 Å². The first kappa shape index (κ1) is 19.6. The summed E-state index contributed by atoms with van der Waals surface area (Å²) in [6, 6.07) is 6.41. The zero-order chi connectivity index (χ0) is 20.6. The van der Waals surface area contributed by atoms with Gasteiger partial charge in [-0.25, -0.2) is 13.2 Å². The van der Waals surface area contributed by atoms with Crippen molar-refractivity contribution in [2.45, 2.75) is 55.2 Å². The molecule has 0 radical (unpaired) electrons. The topological polar surface area (TPSA) is 110 Å². The Morgan fingerprint density at radius 2 is 1.79 bits per heavy atom. The average Bonchev–Trinajstić information content (AvgIpc) is 2.97. The predicted octanol–water partition coefficient (Wildman–Crippen LogP) is 2.85. The number of benzene rings is 1. The lowest BCUT2D eigenvalue weighted by molar-refractivity contribution is 0.0960. The fourth-order valence-corrected chi connectivity index (χ4v) is 4.95. The normalized spacial score (nSPS) is 23.8. The second-order valence-electron chi connectivity index (χ2n) is 7.71. The van der Waals surface area contributed by atoms with Crippen LogP contribution in [0.5, 0.6) is 5.75 Å². The van der Waals surface area contributed by atoms with Gasteiger partial charge in [-0.3, -0.25) is 9.97 Å². The van der Waals surface area contributed by atoms with Gasteiger partial charge in [0.05, 0.1) is 22.5 Å². The molecule has 1 N–H and O–H groups in total. The molecule has 1 amide bonds. The van der Waals surface area contributed by atoms with Crippen molar-refractivity contribution in [3.05, 3.63) is 48.0 Å². The molecule has 2 aliphatic rings. The molecule has 2 saturated heterocycles. The van der Waals surface area contributed by atoms with E-state index in [0.717, 1.165) is 37.6 Å². The number of fused-ring (bicyclic) bond motifs is 2. The molecule has 0 spiro atoms. The molecular formula is C20H23N3O5S. The fraction of sp³-hybridized carbons (Fsp3) is 0.450. The van der Waals surface area contributed by atoms with Gasteiger partial charge in [-0.1, -0.05) is 0 Å². The van der Waals surface area contributed by atoms with Crippen LogP contribution >= 0.6 is 0 Å². The van der Waals surface area contributed by atoms with Gasteiger partial charge in [0.15, 0.2) is 9.84 Å². The van der Waals surface area contributed by atoms with Crippen molar-refractivity contribution in [2.24, 2.45) is 0 Å². The number of rotatable bonds is 5. The zero-order valence-corrected chi connectivity index (χ0v) is 16.9. The summed E-state index contributed by atoms with van der Waals surface area (Å²) in [6.45, 7) is 0.230. The highest BCUT2D eigenvalue weighted by Crippen LogP contribution is 2.42. The van der Waals surface area contributed by atoms with Crippen LogP contribution in [0.1, 0.15) is 43.0 Å². The third-order valence-electron chi connectivity index (χ3n) is 5.74. The van der Waals surface area contributed by atoms with Crippen molar-refractivity contribution in [2.75, 3.05) is 6.26 Å². The number of nitrogens with zero attached hydrogens (tertiary/aromatic N) is 3. The molecule has 2 bridgehead atoms. The summed E-state index contributed by atoms with van der Waals surface area (Å²) in [5, 5.41) is 9.37. The lowest BCUT2D eigenvalue weighted by Crippen LogP contribution is -2.45. The van der Waals surface area contributed by atoms with Crippen LogP contribution in [0, 0.1) is 0 Å². The van der Waals surface area contributed by atoms with Crippen molar-refractivity contribution in [1.29, 1.82) is 0 Å². The summed E-state index contributed by atoms with van der Waals surface area (Å²) >= 11 is 0. The Kier molecular flexibility index (Phi) is 5.16. The first-order chi connectivity index (χ1) is 13.8. The highest BCUT2D eigenvalue weighted by atomic mass is 32.2. The van der Waals surface area contributed by atoms with Gasteiger partial charge in [0.2, 0.25) is 0 Å². The predicted molar refractivity (Wildman–Crippen MR) is 105 cm³/mol. The van der Waals surface area contributed by atoms with Gasteiger partial charge in [0.25, 0.3) is 0 Å². The van der Waals surface area contributed by atoms with Crippen LogP contribution in [0.25, 0.3) is 0 Å². The van der Waals surface area contributed by atoms with Crippen LogP contribution < -0.4 is 4.74 Å². The van der Waals surface area contributed by atoms with Crippen LogP contribution in [0.15, 0.2) is 41.6 Å². The standard InChI is InChI=1S/C20H23N3O5S/c1-29(26,27)18-6-4-17(5-7-18)28-12-14-10-22-19(11-21-14)13-8-15-2-3-16(9-13)23(15)20(24)25/h4-7,10-11,13,15-16H,2-3,8-9,12H2,1H3,(H,24,25). The number of carbonyl (C=O) groups is 1. The Balaban J connectivity index is 1.36. The molecule has 2 aliphatic heterocycles. The number of ether oxygens (including phenoxy) is 1. The third kappa shape index (κ3) is 4.19. The Bertz CT molecular complexity index is 978. The van der Waals surface area contributed by atoms with Gasteiger partial charge >= 0.3 is 6.09 Å². The molecule has 2 unspecified atom stereocenters. The Labute approximate surface area is 169 Å². The van der Waals surface area contributed by atoms with Crippen molar-refractivity contribution in [3.8, 4) is 5.75 Å². The molecule has 2 fully saturated rings. The summed E-state index contributed by atoms with van der Waals surface area (Å²) in [5.41, 5.74) is 1.57. The third-order valence-corrected chi connectivity index (χ3v) is 6.86. The molecule has 2 atom stereocenters. The number of sulfone groups is 1. The zero-order valence-electron chi connectivity index (χ0n) is 16.1. The quantitative estimate of drug-likeness (QED) is 0.796. The summed E-state index contributed by atoms with van der Waals surface area (Å²) in [4.78, 5) is 22.3. The van der Waals surface area contributed by atoms with E-state index in [0.29, 0.717) is 11.4 Å². The minimum Gasteiger partial charge on any atom is -0.487 e. The molecule has 0 aliphatic carbocycles. The maximum absolute atomic E-state index is 11.5. The van der Waals surface area contributed by atoms with E-state index in [2.05, 4.69) is 9.97 Å². The van der Waals surface area contributed by atoms with Crippen LogP contribution in [0.3, 0.4) is 0 Å². The SMILES string of the molecule is CS(=O)(=O)c1ccc(OCc2cnc(C3CC4CCC(C3)N4C(=O)O)cn2)cc1. The van der Waals surface area contributed by atoms with Crippen LogP contribution in [-0.2, 0) is 16.4 Å². The number of hydrogen-bond donors (Lipinski definition) is 1. The number of aromatic nitrogens is 2. The number of hydrogen-bond acceptors (Lipinski definition) is 6. The second-order valence-corrected chi connectivity index (χ2v) is 9.72. The summed E-state index contributed by atoms with van der Waals surface area (Å²) in [7, 11) is -3.23. The van der Waals surface area contributed by atoms with Gasteiger partial charge < -0.3 is 14.7 Å². The molecule has 29 heavy (non-hydrogen) atoms. The molecule has 0 saturated carbocycles. The summed E-state index contributed by atoms with van der Waals surface area (Å²) in [5.74, 6) is 0.787. The molecule has 2 aromatic rings. The van der Waals surface area contributed by atoms with Crippen molar-refractivity contribution >= 4 is 15.9 Å². The second kappa shape index (κ2) is 7.62. The van der Waals surface area contributed by atoms with Gasteiger partial charge in [0.1, 0.15) is 12.4 Å². The van der Waals surface area contributed by atoms with Gasteiger partial charge in [-0.15, -0.1) is 0 Å². The molecule has 9 heteroatoms. The van der Waals surface area contributed by atoms with Crippen LogP contribution in [0.2, 0.25) is 0 Å². The smallest absolute Gasteiger partial charge is 0.407 e. The first-order valence-electron chi connectivity index (χ1n) is 9.56. The highest BCUT2D eigenvalue weighted by molar-refractivity contribution is 7.90. The van der Waals surface area contributed by atoms with E-state index in [4.69, 9.17) is 4.74 Å². The minimum atomic E-state index is -3.23. The molecule has 3 heterocycles. The molecule has 1 aromatic heterocycles. The van der Waals surface area contributed by atoms with Gasteiger partial charge in [-0.05, 0) is 49.9 Å². The monoisotopic (exact) mass is 417 g/mol. The molecule has 154 valence electrons. The van der Waals surface area contributed by atoms with E-state index in [1.807, 2.05) is 0 Å². The lowest BCUT2D eigenvalue weighted by atomic mass is 9.88. The van der Waals surface area contributed by atoms with E-state index in [-0.39, 0.29) is 29.5 Å². The molecule has 4 rings (SSSR count). The van der Waals surface area contributed by atoms with E-state index in [1.54, 1.807) is 29.4 Å². The fourth-order valence-electron chi connectivity index (χ4n) is 4.32. The highest BCUT2D eigenvalue weighted by Gasteiger charge is 2.44. The Morgan fingerprint density at radius 1 is 1.14 bits per heavy atom. The van der Waals surface area contributed by atoms with E-state index < -0.39 is 15.9 Å². The summed E-state index contributed by atoms with van der Waals surface area (Å²) in [6.07, 6.45) is 7.21. The number of amides is 1. The molecule has 8 nitrogen and oxygen atoms in total. The number of piperidine rings is 1. The van der Waals surface area contributed by atoms with Gasteiger partial charge in [0, 0.05) is 30.5 Å². The molecule has 1 aromatic carbocycles. The number of carboxylic acid groups (broad SMARTS) is 1. The van der Waals surface area contributed by atoms with Crippen molar-refractivity contribution in [1.82, 2.24) is 14.9 Å². The van der Waals surface area contributed by atoms with Gasteiger partial charge in [-0.2, -0.15) is 0 Å². The maximum Gasteiger partial charge on any atom is 0.407 e. The lowest BCUT2D eigenvalue weighted by Gasteiger charge is -2.36. The Hall–Kier alpha value is -2.68. The van der Waals surface area contributed by atoms with E-state index in [9.17, 15) is 18.3 Å². The minimum absolute atomic E-state index is 0.0796. The average molecular weight is 417 g/mol. The molecular weight excluding hydrogens is 394 g/mol. The summed E-state index contributed by atoms with van der Waals surface area (Å²) < 4.78 is 28.6. The Morgan fingerprint density at radius 3 is 2.31 bits per heavy atom.